The molecule has 0 spiro atoms. The minimum absolute atomic E-state index is 0.455. The molecule has 1 fully saturated rings. The number of benzene rings is 2. The number of nitriles is 1. The number of ether oxygens (including phenoxy) is 1. The summed E-state index contributed by atoms with van der Waals surface area (Å²) in [6, 6.07) is 19.1. The summed E-state index contributed by atoms with van der Waals surface area (Å²) in [6.45, 7) is 4.70. The van der Waals surface area contributed by atoms with Crippen LogP contribution in [0.5, 0.6) is 5.75 Å². The molecule has 3 nitrogen and oxygen atoms in total. The summed E-state index contributed by atoms with van der Waals surface area (Å²) in [5, 5.41) is 9.05. The first kappa shape index (κ1) is 15.6. The molecular formula is C20H22N2O. The second kappa shape index (κ2) is 7.30. The average molecular weight is 306 g/mol. The van der Waals surface area contributed by atoms with Crippen molar-refractivity contribution in [2.24, 2.45) is 0 Å². The van der Waals surface area contributed by atoms with Gasteiger partial charge in [0.15, 0.2) is 0 Å². The highest BCUT2D eigenvalue weighted by Gasteiger charge is 2.25. The van der Waals surface area contributed by atoms with Crippen molar-refractivity contribution in [3.63, 3.8) is 0 Å². The summed E-state index contributed by atoms with van der Waals surface area (Å²) in [6.07, 6.45) is 2.40. The third-order valence-electron chi connectivity index (χ3n) is 4.38. The molecule has 118 valence electrons. The first-order valence-electron chi connectivity index (χ1n) is 8.26. The Hall–Kier alpha value is -2.31. The standard InChI is InChI=1S/C20H22N2O/c1-2-23-19-10-8-18(9-11-19)20-7-4-12-22(20)15-17-6-3-5-16(13-17)14-21/h3,5-6,8-11,13,20H,2,4,7,12,15H2,1H3/t20-/m0/s1. The van der Waals surface area contributed by atoms with Gasteiger partial charge in [-0.1, -0.05) is 24.3 Å². The van der Waals surface area contributed by atoms with Gasteiger partial charge in [0.05, 0.1) is 18.2 Å². The van der Waals surface area contributed by atoms with Crippen LogP contribution in [-0.4, -0.2) is 18.1 Å². The lowest BCUT2D eigenvalue weighted by Crippen LogP contribution is -2.22. The van der Waals surface area contributed by atoms with Crippen LogP contribution in [0.15, 0.2) is 48.5 Å². The topological polar surface area (TPSA) is 36.3 Å². The van der Waals surface area contributed by atoms with Crippen LogP contribution in [0.25, 0.3) is 0 Å². The van der Waals surface area contributed by atoms with Crippen LogP contribution in [0.3, 0.4) is 0 Å². The van der Waals surface area contributed by atoms with Gasteiger partial charge in [-0.2, -0.15) is 5.26 Å². The molecule has 2 aromatic carbocycles. The molecule has 0 radical (unpaired) electrons. The SMILES string of the molecule is CCOc1ccc([C@@H]2CCCN2Cc2cccc(C#N)c2)cc1. The van der Waals surface area contributed by atoms with Gasteiger partial charge >= 0.3 is 0 Å². The molecule has 1 aliphatic heterocycles. The van der Waals surface area contributed by atoms with Gasteiger partial charge in [0.25, 0.3) is 0 Å². The number of nitrogens with zero attached hydrogens (tertiary/aromatic N) is 2. The molecule has 0 aliphatic carbocycles. The first-order chi connectivity index (χ1) is 11.3. The van der Waals surface area contributed by atoms with Crippen molar-refractivity contribution in [3.05, 3.63) is 65.2 Å². The Balaban J connectivity index is 1.73. The summed E-state index contributed by atoms with van der Waals surface area (Å²) >= 11 is 0. The van der Waals surface area contributed by atoms with Gasteiger partial charge in [-0.15, -0.1) is 0 Å². The number of hydrogen-bond donors (Lipinski definition) is 0. The normalized spacial score (nSPS) is 17.8. The van der Waals surface area contributed by atoms with Crippen molar-refractivity contribution in [2.75, 3.05) is 13.2 Å². The van der Waals surface area contributed by atoms with Crippen LogP contribution in [0, 0.1) is 11.3 Å². The van der Waals surface area contributed by atoms with Gasteiger partial charge in [0.1, 0.15) is 5.75 Å². The quantitative estimate of drug-likeness (QED) is 0.826. The van der Waals surface area contributed by atoms with Gasteiger partial charge in [-0.25, -0.2) is 0 Å². The molecular weight excluding hydrogens is 284 g/mol. The smallest absolute Gasteiger partial charge is 0.119 e. The Morgan fingerprint density at radius 1 is 1.22 bits per heavy atom. The van der Waals surface area contributed by atoms with Crippen molar-refractivity contribution in [3.8, 4) is 11.8 Å². The predicted octanol–water partition coefficient (Wildman–Crippen LogP) is 4.29. The molecule has 3 heteroatoms. The van der Waals surface area contributed by atoms with E-state index in [-0.39, 0.29) is 0 Å². The first-order valence-corrected chi connectivity index (χ1v) is 8.26. The molecule has 0 bridgehead atoms. The number of rotatable bonds is 5. The lowest BCUT2D eigenvalue weighted by atomic mass is 10.0. The highest BCUT2D eigenvalue weighted by Crippen LogP contribution is 2.33. The van der Waals surface area contributed by atoms with Crippen LogP contribution in [0.1, 0.15) is 42.5 Å². The molecule has 3 rings (SSSR count). The molecule has 0 aromatic heterocycles. The minimum atomic E-state index is 0.455. The fourth-order valence-corrected chi connectivity index (χ4v) is 3.32. The molecule has 1 aliphatic rings. The minimum Gasteiger partial charge on any atom is -0.494 e. The highest BCUT2D eigenvalue weighted by molar-refractivity contribution is 5.33. The molecule has 1 saturated heterocycles. The molecule has 0 unspecified atom stereocenters. The maximum atomic E-state index is 9.05. The lowest BCUT2D eigenvalue weighted by Gasteiger charge is -2.25. The van der Waals surface area contributed by atoms with Crippen LogP contribution in [-0.2, 0) is 6.54 Å². The van der Waals surface area contributed by atoms with E-state index in [2.05, 4.69) is 41.3 Å². The number of likely N-dealkylation sites (tertiary alicyclic amines) is 1. The van der Waals surface area contributed by atoms with Crippen LogP contribution in [0.2, 0.25) is 0 Å². The molecule has 1 atom stereocenters. The summed E-state index contributed by atoms with van der Waals surface area (Å²) in [4.78, 5) is 2.51. The maximum absolute atomic E-state index is 9.05. The molecule has 2 aromatic rings. The summed E-state index contributed by atoms with van der Waals surface area (Å²) in [7, 11) is 0. The van der Waals surface area contributed by atoms with Gasteiger partial charge < -0.3 is 4.74 Å². The van der Waals surface area contributed by atoms with Gasteiger partial charge in [-0.3, -0.25) is 4.90 Å². The van der Waals surface area contributed by atoms with Crippen molar-refractivity contribution in [1.82, 2.24) is 4.90 Å². The van der Waals surface area contributed by atoms with E-state index in [1.165, 1.54) is 24.0 Å². The summed E-state index contributed by atoms with van der Waals surface area (Å²) in [5.41, 5.74) is 3.29. The zero-order valence-electron chi connectivity index (χ0n) is 13.5. The van der Waals surface area contributed by atoms with Gasteiger partial charge in [0, 0.05) is 12.6 Å². The highest BCUT2D eigenvalue weighted by atomic mass is 16.5. The van der Waals surface area contributed by atoms with E-state index in [9.17, 15) is 0 Å². The van der Waals surface area contributed by atoms with E-state index >= 15 is 0 Å². The van der Waals surface area contributed by atoms with E-state index in [1.54, 1.807) is 0 Å². The van der Waals surface area contributed by atoms with E-state index in [1.807, 2.05) is 25.1 Å². The molecule has 0 amide bonds. The lowest BCUT2D eigenvalue weighted by molar-refractivity contribution is 0.248. The Bertz CT molecular complexity index is 688. The molecule has 23 heavy (non-hydrogen) atoms. The van der Waals surface area contributed by atoms with Crippen molar-refractivity contribution < 1.29 is 4.74 Å². The fraction of sp³-hybridized carbons (Fsp3) is 0.350. The average Bonchev–Trinajstić information content (AvgIpc) is 3.04. The van der Waals surface area contributed by atoms with E-state index in [0.29, 0.717) is 12.6 Å². The third-order valence-corrected chi connectivity index (χ3v) is 4.38. The summed E-state index contributed by atoms with van der Waals surface area (Å²) < 4.78 is 5.53. The summed E-state index contributed by atoms with van der Waals surface area (Å²) in [5.74, 6) is 0.933. The van der Waals surface area contributed by atoms with Gasteiger partial charge in [-0.05, 0) is 61.7 Å². The Labute approximate surface area is 138 Å². The van der Waals surface area contributed by atoms with E-state index in [4.69, 9.17) is 10.00 Å². The Morgan fingerprint density at radius 3 is 2.78 bits per heavy atom. The molecule has 1 heterocycles. The van der Waals surface area contributed by atoms with Crippen molar-refractivity contribution in [1.29, 1.82) is 5.26 Å². The molecule has 0 saturated carbocycles. The Kier molecular flexibility index (Phi) is 4.95. The zero-order chi connectivity index (χ0) is 16.1. The number of hydrogen-bond acceptors (Lipinski definition) is 3. The van der Waals surface area contributed by atoms with Crippen LogP contribution < -0.4 is 4.74 Å². The predicted molar refractivity (Wildman–Crippen MR) is 91.2 cm³/mol. The monoisotopic (exact) mass is 306 g/mol. The Morgan fingerprint density at radius 2 is 2.04 bits per heavy atom. The zero-order valence-corrected chi connectivity index (χ0v) is 13.5. The van der Waals surface area contributed by atoms with Crippen LogP contribution >= 0.6 is 0 Å². The second-order valence-electron chi connectivity index (χ2n) is 5.94. The van der Waals surface area contributed by atoms with E-state index in [0.717, 1.165) is 24.4 Å². The van der Waals surface area contributed by atoms with Crippen LogP contribution in [0.4, 0.5) is 0 Å². The second-order valence-corrected chi connectivity index (χ2v) is 5.94. The maximum Gasteiger partial charge on any atom is 0.119 e. The third kappa shape index (κ3) is 3.72. The largest absolute Gasteiger partial charge is 0.494 e. The van der Waals surface area contributed by atoms with E-state index < -0.39 is 0 Å². The van der Waals surface area contributed by atoms with Crippen molar-refractivity contribution >= 4 is 0 Å². The fourth-order valence-electron chi connectivity index (χ4n) is 3.32. The van der Waals surface area contributed by atoms with Crippen molar-refractivity contribution in [2.45, 2.75) is 32.4 Å². The molecule has 0 N–H and O–H groups in total. The van der Waals surface area contributed by atoms with Gasteiger partial charge in [0.2, 0.25) is 0 Å².